The van der Waals surface area contributed by atoms with Crippen LogP contribution in [0.25, 0.3) is 67.2 Å². The van der Waals surface area contributed by atoms with Crippen LogP contribution in [0.4, 0.5) is 0 Å². The number of nitrogens with zero attached hydrogens (tertiary/aromatic N) is 3. The van der Waals surface area contributed by atoms with Gasteiger partial charge in [0.05, 0.1) is 11.0 Å². The van der Waals surface area contributed by atoms with Crippen molar-refractivity contribution in [3.63, 3.8) is 0 Å². The molecule has 7 aromatic rings. The van der Waals surface area contributed by atoms with Gasteiger partial charge in [0.15, 0.2) is 17.5 Å². The summed E-state index contributed by atoms with van der Waals surface area (Å²) in [4.78, 5) is 15.4. The summed E-state index contributed by atoms with van der Waals surface area (Å²) in [7, 11) is 0. The molecule has 0 saturated carbocycles. The van der Waals surface area contributed by atoms with E-state index in [4.69, 9.17) is 19.4 Å². The zero-order chi connectivity index (χ0) is 34.7. The molecule has 2 aliphatic rings. The maximum Gasteiger partial charge on any atom is 0.167 e. The molecule has 4 heteroatoms. The lowest BCUT2D eigenvalue weighted by Gasteiger charge is -2.31. The Morgan fingerprint density at radius 3 is 2.08 bits per heavy atom. The van der Waals surface area contributed by atoms with Gasteiger partial charge in [0, 0.05) is 21.9 Å². The van der Waals surface area contributed by atoms with Crippen LogP contribution in [0.5, 0.6) is 0 Å². The predicted molar refractivity (Wildman–Crippen MR) is 210 cm³/mol. The summed E-state index contributed by atoms with van der Waals surface area (Å²) in [6.45, 7) is 14.9. The summed E-state index contributed by atoms with van der Waals surface area (Å²) in [6, 6.07) is 39.4. The van der Waals surface area contributed by atoms with Crippen molar-refractivity contribution in [1.29, 1.82) is 0 Å². The molecule has 9 rings (SSSR count). The number of rotatable bonds is 5. The number of para-hydroxylation sites is 2. The third kappa shape index (κ3) is 4.36. The second-order valence-electron chi connectivity index (χ2n) is 12.8. The predicted octanol–water partition coefficient (Wildman–Crippen LogP) is 11.7. The molecule has 0 N–H and O–H groups in total. The highest BCUT2D eigenvalue weighted by Crippen LogP contribution is 2.64. The third-order valence-corrected chi connectivity index (χ3v) is 10.2. The van der Waals surface area contributed by atoms with Gasteiger partial charge in [-0.2, -0.15) is 0 Å². The van der Waals surface area contributed by atoms with Gasteiger partial charge in [-0.25, -0.2) is 15.0 Å². The van der Waals surface area contributed by atoms with Gasteiger partial charge in [-0.15, -0.1) is 0 Å². The summed E-state index contributed by atoms with van der Waals surface area (Å²) < 4.78 is 6.45. The van der Waals surface area contributed by atoms with Crippen LogP contribution in [0.1, 0.15) is 29.2 Å². The topological polar surface area (TPSA) is 51.8 Å². The lowest BCUT2D eigenvalue weighted by atomic mass is 9.69. The maximum absolute atomic E-state index is 6.45. The molecule has 5 aromatic carbocycles. The van der Waals surface area contributed by atoms with E-state index in [9.17, 15) is 0 Å². The molecular weight excluding hydrogens is 623 g/mol. The van der Waals surface area contributed by atoms with Crippen LogP contribution in [0.2, 0.25) is 0 Å². The molecule has 0 fully saturated rings. The first-order valence-corrected chi connectivity index (χ1v) is 17.1. The monoisotopic (exact) mass is 655 g/mol. The minimum Gasteiger partial charge on any atom is -0.455 e. The minimum absolute atomic E-state index is 0.548. The molecule has 1 unspecified atom stereocenters. The molecule has 0 bridgehead atoms. The lowest BCUT2D eigenvalue weighted by molar-refractivity contribution is 0.669. The zero-order valence-corrected chi connectivity index (χ0v) is 28.2. The second kappa shape index (κ2) is 11.7. The molecule has 1 spiro atoms. The minimum atomic E-state index is -0.602. The van der Waals surface area contributed by atoms with Gasteiger partial charge in [0.25, 0.3) is 0 Å². The normalized spacial score (nSPS) is 18.7. The van der Waals surface area contributed by atoms with E-state index in [2.05, 4.69) is 99.5 Å². The first kappa shape index (κ1) is 30.4. The Bertz CT molecular complexity index is 2710. The highest BCUT2D eigenvalue weighted by Gasteiger charge is 2.54. The van der Waals surface area contributed by atoms with Crippen molar-refractivity contribution >= 4 is 33.1 Å². The standard InChI is InChI=1S/C47H33N3O/c1-5-16-33-34-27-26-31(28-41(34)47(38(33)7-3)39(17-6-2)29(4)32-20-11-13-24-40(32)47)45-48-44(30-18-9-8-10-19-30)49-46(50-45)37-23-15-22-36-35-21-12-14-25-42(35)51-43(36)37/h5-28H,1-2,4H2,3H3/b33-16-,38-7+,39-17+. The lowest BCUT2D eigenvalue weighted by Crippen LogP contribution is -2.26. The van der Waals surface area contributed by atoms with E-state index in [0.29, 0.717) is 17.5 Å². The third-order valence-electron chi connectivity index (χ3n) is 10.2. The number of hydrogen-bond donors (Lipinski definition) is 0. The van der Waals surface area contributed by atoms with Gasteiger partial charge < -0.3 is 4.42 Å². The summed E-state index contributed by atoms with van der Waals surface area (Å²) in [5, 5.41) is 2.08. The highest BCUT2D eigenvalue weighted by molar-refractivity contribution is 6.09. The van der Waals surface area contributed by atoms with Crippen molar-refractivity contribution in [2.24, 2.45) is 0 Å². The summed E-state index contributed by atoms with van der Waals surface area (Å²) in [5.74, 6) is 1.71. The number of fused-ring (bicyclic) bond motifs is 7. The van der Waals surface area contributed by atoms with E-state index in [-0.39, 0.29) is 0 Å². The smallest absolute Gasteiger partial charge is 0.167 e. The van der Waals surface area contributed by atoms with E-state index in [1.807, 2.05) is 72.8 Å². The Morgan fingerprint density at radius 2 is 1.27 bits per heavy atom. The first-order chi connectivity index (χ1) is 25.1. The Labute approximate surface area is 296 Å². The van der Waals surface area contributed by atoms with E-state index >= 15 is 0 Å². The number of hydrogen-bond acceptors (Lipinski definition) is 4. The highest BCUT2D eigenvalue weighted by atomic mass is 16.3. The van der Waals surface area contributed by atoms with Gasteiger partial charge in [-0.05, 0) is 69.7 Å². The molecule has 2 aromatic heterocycles. The average Bonchev–Trinajstić information content (AvgIpc) is 3.78. The second-order valence-corrected chi connectivity index (χ2v) is 12.8. The molecule has 0 aliphatic heterocycles. The van der Waals surface area contributed by atoms with Gasteiger partial charge in [-0.3, -0.25) is 0 Å². The van der Waals surface area contributed by atoms with Gasteiger partial charge in [-0.1, -0.05) is 147 Å². The largest absolute Gasteiger partial charge is 0.455 e. The van der Waals surface area contributed by atoms with Crippen molar-refractivity contribution in [3.05, 3.63) is 199 Å². The van der Waals surface area contributed by atoms with Gasteiger partial charge >= 0.3 is 0 Å². The van der Waals surface area contributed by atoms with Gasteiger partial charge in [0.1, 0.15) is 11.2 Å². The fraction of sp³-hybridized carbons (Fsp3) is 0.0426. The van der Waals surface area contributed by atoms with E-state index < -0.39 is 5.41 Å². The zero-order valence-electron chi connectivity index (χ0n) is 28.2. The van der Waals surface area contributed by atoms with Crippen molar-refractivity contribution in [2.75, 3.05) is 0 Å². The van der Waals surface area contributed by atoms with Crippen LogP contribution in [0.3, 0.4) is 0 Å². The molecule has 4 nitrogen and oxygen atoms in total. The van der Waals surface area contributed by atoms with Crippen LogP contribution in [-0.4, -0.2) is 15.0 Å². The molecule has 0 radical (unpaired) electrons. The van der Waals surface area contributed by atoms with Crippen LogP contribution >= 0.6 is 0 Å². The van der Waals surface area contributed by atoms with Crippen LogP contribution in [0, 0.1) is 0 Å². The van der Waals surface area contributed by atoms with Gasteiger partial charge in [0.2, 0.25) is 0 Å². The summed E-state index contributed by atoms with van der Waals surface area (Å²) in [5.41, 5.74) is 12.6. The fourth-order valence-electron chi connectivity index (χ4n) is 8.17. The molecule has 51 heavy (non-hydrogen) atoms. The molecule has 2 heterocycles. The van der Waals surface area contributed by atoms with Crippen LogP contribution in [-0.2, 0) is 5.41 Å². The Morgan fingerprint density at radius 1 is 0.588 bits per heavy atom. The number of allylic oxidation sites excluding steroid dienone is 9. The van der Waals surface area contributed by atoms with Crippen LogP contribution < -0.4 is 0 Å². The van der Waals surface area contributed by atoms with E-state index in [0.717, 1.165) is 72.0 Å². The number of furan rings is 1. The molecular formula is C47H33N3O. The Kier molecular flexibility index (Phi) is 7.01. The first-order valence-electron chi connectivity index (χ1n) is 17.1. The summed E-state index contributed by atoms with van der Waals surface area (Å²) in [6.07, 6.45) is 10.2. The van der Waals surface area contributed by atoms with Crippen molar-refractivity contribution < 1.29 is 4.42 Å². The quantitative estimate of drug-likeness (QED) is 0.185. The molecule has 1 atom stereocenters. The average molecular weight is 656 g/mol. The molecule has 2 aliphatic carbocycles. The van der Waals surface area contributed by atoms with Crippen molar-refractivity contribution in [2.45, 2.75) is 12.3 Å². The molecule has 0 amide bonds. The van der Waals surface area contributed by atoms with E-state index in [1.165, 1.54) is 11.1 Å². The van der Waals surface area contributed by atoms with Crippen LogP contribution in [0.15, 0.2) is 181 Å². The SMILES string of the molecule is C=C/C=C1\C(=C/C)C2(/C(=C/C=C)C(=C)c3ccccc32)c2cc(-c3nc(-c4ccccc4)nc(-c4cccc5c4oc4ccccc45)n3)ccc21. The maximum atomic E-state index is 6.45. The molecule has 0 saturated heterocycles. The number of aromatic nitrogens is 3. The van der Waals surface area contributed by atoms with Crippen molar-refractivity contribution in [3.8, 4) is 34.2 Å². The van der Waals surface area contributed by atoms with E-state index in [1.54, 1.807) is 0 Å². The molecule has 242 valence electrons. The Balaban J connectivity index is 1.33. The fourth-order valence-corrected chi connectivity index (χ4v) is 8.17. The Hall–Kier alpha value is -6.65. The van der Waals surface area contributed by atoms with Crippen molar-refractivity contribution in [1.82, 2.24) is 15.0 Å². The summed E-state index contributed by atoms with van der Waals surface area (Å²) >= 11 is 0. The number of benzene rings is 5.